The molecule has 0 heterocycles. The van der Waals surface area contributed by atoms with Gasteiger partial charge in [0.15, 0.2) is 0 Å². The van der Waals surface area contributed by atoms with Crippen molar-refractivity contribution in [3.63, 3.8) is 0 Å². The SMILES string of the molecule is O=C(Nc1ccccc1)OC(F)c1ccccc1. The van der Waals surface area contributed by atoms with Gasteiger partial charge in [0, 0.05) is 11.3 Å². The Kier molecular flexibility index (Phi) is 3.91. The molecule has 0 fully saturated rings. The lowest BCUT2D eigenvalue weighted by Gasteiger charge is -2.11. The molecule has 2 aromatic rings. The first-order valence-electron chi connectivity index (χ1n) is 5.47. The van der Waals surface area contributed by atoms with Gasteiger partial charge in [0.25, 0.3) is 6.36 Å². The summed E-state index contributed by atoms with van der Waals surface area (Å²) >= 11 is 0. The summed E-state index contributed by atoms with van der Waals surface area (Å²) in [5.74, 6) is 0. The average Bonchev–Trinajstić information content (AvgIpc) is 2.40. The lowest BCUT2D eigenvalue weighted by atomic mass is 10.2. The number of benzene rings is 2. The van der Waals surface area contributed by atoms with Gasteiger partial charge in [0.1, 0.15) is 0 Å². The molecule has 1 N–H and O–H groups in total. The molecular formula is C14H12FNO2. The highest BCUT2D eigenvalue weighted by atomic mass is 19.1. The molecule has 2 aromatic carbocycles. The van der Waals surface area contributed by atoms with E-state index in [9.17, 15) is 9.18 Å². The quantitative estimate of drug-likeness (QED) is 0.890. The number of rotatable bonds is 3. The first kappa shape index (κ1) is 12.1. The van der Waals surface area contributed by atoms with Crippen LogP contribution in [0.25, 0.3) is 0 Å². The highest BCUT2D eigenvalue weighted by molar-refractivity contribution is 5.84. The van der Waals surface area contributed by atoms with Crippen molar-refractivity contribution in [1.82, 2.24) is 0 Å². The van der Waals surface area contributed by atoms with Gasteiger partial charge in [-0.05, 0) is 12.1 Å². The minimum absolute atomic E-state index is 0.306. The fourth-order valence-corrected chi connectivity index (χ4v) is 1.44. The van der Waals surface area contributed by atoms with Gasteiger partial charge in [-0.2, -0.15) is 4.39 Å². The third-order valence-corrected chi connectivity index (χ3v) is 2.29. The molecular weight excluding hydrogens is 233 g/mol. The Balaban J connectivity index is 1.92. The van der Waals surface area contributed by atoms with Crippen molar-refractivity contribution in [3.05, 3.63) is 66.2 Å². The summed E-state index contributed by atoms with van der Waals surface area (Å²) in [5, 5.41) is 2.44. The molecule has 18 heavy (non-hydrogen) atoms. The Bertz CT molecular complexity index is 502. The van der Waals surface area contributed by atoms with Gasteiger partial charge in [-0.25, -0.2) is 4.79 Å². The zero-order valence-corrected chi connectivity index (χ0v) is 9.55. The summed E-state index contributed by atoms with van der Waals surface area (Å²) in [5.41, 5.74) is 0.864. The molecule has 0 aliphatic rings. The second-order valence-electron chi connectivity index (χ2n) is 3.62. The van der Waals surface area contributed by atoms with E-state index < -0.39 is 12.5 Å². The Morgan fingerprint density at radius 1 is 1.00 bits per heavy atom. The van der Waals surface area contributed by atoms with E-state index in [0.717, 1.165) is 0 Å². The van der Waals surface area contributed by atoms with Crippen LogP contribution in [0.5, 0.6) is 0 Å². The van der Waals surface area contributed by atoms with Crippen LogP contribution in [0.15, 0.2) is 60.7 Å². The fourth-order valence-electron chi connectivity index (χ4n) is 1.44. The molecule has 3 nitrogen and oxygen atoms in total. The lowest BCUT2D eigenvalue weighted by molar-refractivity contribution is 0.0208. The van der Waals surface area contributed by atoms with Crippen LogP contribution in [0.2, 0.25) is 0 Å². The average molecular weight is 245 g/mol. The van der Waals surface area contributed by atoms with Crippen molar-refractivity contribution >= 4 is 11.8 Å². The summed E-state index contributed by atoms with van der Waals surface area (Å²) in [6, 6.07) is 17.0. The van der Waals surface area contributed by atoms with Crippen molar-refractivity contribution in [2.45, 2.75) is 6.36 Å². The van der Waals surface area contributed by atoms with Crippen LogP contribution >= 0.6 is 0 Å². The smallest absolute Gasteiger partial charge is 0.410 e. The van der Waals surface area contributed by atoms with E-state index in [1.807, 2.05) is 6.07 Å². The largest absolute Gasteiger partial charge is 0.414 e. The van der Waals surface area contributed by atoms with Crippen LogP contribution in [0.4, 0.5) is 14.9 Å². The Morgan fingerprint density at radius 3 is 2.17 bits per heavy atom. The van der Waals surface area contributed by atoms with Gasteiger partial charge in [-0.1, -0.05) is 48.5 Å². The Morgan fingerprint density at radius 2 is 1.56 bits per heavy atom. The third kappa shape index (κ3) is 3.31. The number of para-hydroxylation sites is 1. The van der Waals surface area contributed by atoms with Crippen LogP contribution in [0.3, 0.4) is 0 Å². The molecule has 0 radical (unpaired) electrons. The number of halogens is 1. The molecule has 0 bridgehead atoms. The maximum Gasteiger partial charge on any atom is 0.414 e. The zero-order valence-electron chi connectivity index (χ0n) is 9.55. The maximum absolute atomic E-state index is 13.6. The van der Waals surface area contributed by atoms with E-state index in [1.54, 1.807) is 54.6 Å². The van der Waals surface area contributed by atoms with E-state index in [4.69, 9.17) is 0 Å². The van der Waals surface area contributed by atoms with Crippen molar-refractivity contribution < 1.29 is 13.9 Å². The first-order valence-corrected chi connectivity index (χ1v) is 5.47. The molecule has 1 atom stereocenters. The topological polar surface area (TPSA) is 38.3 Å². The standard InChI is InChI=1S/C14H12FNO2/c15-13(11-7-3-1-4-8-11)18-14(17)16-12-9-5-2-6-10-12/h1-10,13H,(H,16,17). The highest BCUT2D eigenvalue weighted by Gasteiger charge is 2.14. The lowest BCUT2D eigenvalue weighted by Crippen LogP contribution is -2.15. The number of carbonyl (C=O) groups excluding carboxylic acids is 1. The molecule has 0 aromatic heterocycles. The van der Waals surface area contributed by atoms with E-state index in [2.05, 4.69) is 10.1 Å². The molecule has 1 amide bonds. The summed E-state index contributed by atoms with van der Waals surface area (Å²) in [6.45, 7) is 0. The number of amides is 1. The van der Waals surface area contributed by atoms with Crippen molar-refractivity contribution in [2.24, 2.45) is 0 Å². The minimum atomic E-state index is -1.77. The van der Waals surface area contributed by atoms with Crippen LogP contribution in [-0.2, 0) is 4.74 Å². The normalized spacial score (nSPS) is 11.6. The van der Waals surface area contributed by atoms with E-state index in [1.165, 1.54) is 0 Å². The molecule has 0 aliphatic heterocycles. The van der Waals surface area contributed by atoms with Crippen LogP contribution < -0.4 is 5.32 Å². The van der Waals surface area contributed by atoms with Crippen LogP contribution in [-0.4, -0.2) is 6.09 Å². The van der Waals surface area contributed by atoms with Crippen molar-refractivity contribution in [3.8, 4) is 0 Å². The minimum Gasteiger partial charge on any atom is -0.410 e. The molecule has 4 heteroatoms. The second kappa shape index (κ2) is 5.82. The van der Waals surface area contributed by atoms with Gasteiger partial charge in [0.05, 0.1) is 0 Å². The van der Waals surface area contributed by atoms with Gasteiger partial charge < -0.3 is 4.74 Å². The highest BCUT2D eigenvalue weighted by Crippen LogP contribution is 2.19. The van der Waals surface area contributed by atoms with Crippen LogP contribution in [0, 0.1) is 0 Å². The predicted molar refractivity (Wildman–Crippen MR) is 66.8 cm³/mol. The number of nitrogens with one attached hydrogen (secondary N) is 1. The summed E-state index contributed by atoms with van der Waals surface area (Å²) in [7, 11) is 0. The molecule has 1 unspecified atom stereocenters. The van der Waals surface area contributed by atoms with Gasteiger partial charge in [0.2, 0.25) is 0 Å². The van der Waals surface area contributed by atoms with E-state index >= 15 is 0 Å². The summed E-state index contributed by atoms with van der Waals surface area (Å²) in [4.78, 5) is 11.4. The fraction of sp³-hybridized carbons (Fsp3) is 0.0714. The molecule has 0 saturated carbocycles. The van der Waals surface area contributed by atoms with Gasteiger partial charge >= 0.3 is 6.09 Å². The molecule has 0 saturated heterocycles. The molecule has 2 rings (SSSR count). The van der Waals surface area contributed by atoms with Crippen molar-refractivity contribution in [1.29, 1.82) is 0 Å². The number of carbonyl (C=O) groups is 1. The van der Waals surface area contributed by atoms with Gasteiger partial charge in [-0.3, -0.25) is 5.32 Å². The van der Waals surface area contributed by atoms with Crippen LogP contribution in [0.1, 0.15) is 11.9 Å². The summed E-state index contributed by atoms with van der Waals surface area (Å²) in [6.07, 6.45) is -2.59. The van der Waals surface area contributed by atoms with Gasteiger partial charge in [-0.15, -0.1) is 0 Å². The van der Waals surface area contributed by atoms with Crippen molar-refractivity contribution in [2.75, 3.05) is 5.32 Å². The number of hydrogen-bond acceptors (Lipinski definition) is 2. The number of ether oxygens (including phenoxy) is 1. The van der Waals surface area contributed by atoms with E-state index in [-0.39, 0.29) is 0 Å². The summed E-state index contributed by atoms with van der Waals surface area (Å²) < 4.78 is 18.2. The second-order valence-corrected chi connectivity index (χ2v) is 3.62. The number of hydrogen-bond donors (Lipinski definition) is 1. The predicted octanol–water partition coefficient (Wildman–Crippen LogP) is 3.90. The number of anilines is 1. The Labute approximate surface area is 104 Å². The maximum atomic E-state index is 13.6. The third-order valence-electron chi connectivity index (χ3n) is 2.29. The Hall–Kier alpha value is -2.36. The molecule has 0 aliphatic carbocycles. The van der Waals surface area contributed by atoms with E-state index in [0.29, 0.717) is 11.3 Å². The zero-order chi connectivity index (χ0) is 12.8. The monoisotopic (exact) mass is 245 g/mol. The molecule has 0 spiro atoms. The number of alkyl halides is 1. The first-order chi connectivity index (χ1) is 8.75. The molecule has 92 valence electrons.